The Hall–Kier alpha value is -3.93. The minimum Gasteiger partial charge on any atom is -0.484 e. The first-order valence-corrected chi connectivity index (χ1v) is 12.1. The summed E-state index contributed by atoms with van der Waals surface area (Å²) in [6.45, 7) is 2.21. The van der Waals surface area contributed by atoms with E-state index in [-0.39, 0.29) is 35.7 Å². The van der Waals surface area contributed by atoms with Crippen LogP contribution < -0.4 is 10.1 Å². The number of likely N-dealkylation sites (tertiary alicyclic amines) is 1. The van der Waals surface area contributed by atoms with E-state index in [4.69, 9.17) is 9.47 Å². The maximum atomic E-state index is 13.2. The first-order chi connectivity index (χ1) is 18.1. The number of nitrogens with zero attached hydrogens (tertiary/aromatic N) is 4. The Labute approximate surface area is 217 Å². The zero-order valence-corrected chi connectivity index (χ0v) is 21.0. The van der Waals surface area contributed by atoms with Gasteiger partial charge in [0.05, 0.1) is 24.1 Å². The van der Waals surface area contributed by atoms with Crippen molar-refractivity contribution in [1.82, 2.24) is 25.0 Å². The summed E-state index contributed by atoms with van der Waals surface area (Å²) in [6.07, 6.45) is 0.187. The molecule has 0 aliphatic carbocycles. The number of halogens is 3. The monoisotopic (exact) mass is 531 g/mol. The van der Waals surface area contributed by atoms with Gasteiger partial charge in [-0.15, -0.1) is 0 Å². The van der Waals surface area contributed by atoms with E-state index >= 15 is 0 Å². The van der Waals surface area contributed by atoms with Crippen LogP contribution in [-0.2, 0) is 4.74 Å². The molecule has 0 bridgehead atoms. The van der Waals surface area contributed by atoms with Gasteiger partial charge in [0.2, 0.25) is 0 Å². The number of carbonyl (C=O) groups excluding carboxylic acids is 2. The number of ether oxygens (including phenoxy) is 2. The van der Waals surface area contributed by atoms with Gasteiger partial charge in [0.25, 0.3) is 5.91 Å². The van der Waals surface area contributed by atoms with Crippen LogP contribution in [0.5, 0.6) is 5.75 Å². The Morgan fingerprint density at radius 2 is 1.92 bits per heavy atom. The molecule has 38 heavy (non-hydrogen) atoms. The van der Waals surface area contributed by atoms with Gasteiger partial charge in [-0.3, -0.25) is 4.79 Å². The lowest BCUT2D eigenvalue weighted by Crippen LogP contribution is -2.46. The first-order valence-electron chi connectivity index (χ1n) is 12.1. The molecule has 1 atom stereocenters. The zero-order chi connectivity index (χ0) is 27.3. The van der Waals surface area contributed by atoms with Crippen LogP contribution in [-0.4, -0.2) is 77.1 Å². The van der Waals surface area contributed by atoms with E-state index in [1.54, 1.807) is 31.2 Å². The van der Waals surface area contributed by atoms with Crippen LogP contribution >= 0.6 is 0 Å². The number of hydrogen-bond donors (Lipinski definition) is 1. The Morgan fingerprint density at radius 3 is 2.61 bits per heavy atom. The second-order valence-corrected chi connectivity index (χ2v) is 9.00. The highest BCUT2D eigenvalue weighted by Crippen LogP contribution is 2.25. The van der Waals surface area contributed by atoms with Gasteiger partial charge in [-0.25, -0.2) is 14.5 Å². The van der Waals surface area contributed by atoms with E-state index < -0.39 is 18.8 Å². The molecule has 4 rings (SSSR count). The van der Waals surface area contributed by atoms with Crippen molar-refractivity contribution in [3.8, 4) is 22.8 Å². The lowest BCUT2D eigenvalue weighted by atomic mass is 10.0. The van der Waals surface area contributed by atoms with E-state index in [1.807, 2.05) is 7.05 Å². The molecular formula is C26H28F3N5O4. The fraction of sp³-hybridized carbons (Fsp3) is 0.385. The van der Waals surface area contributed by atoms with Crippen LogP contribution in [0.25, 0.3) is 17.1 Å². The number of aromatic nitrogens is 3. The molecular weight excluding hydrogens is 503 g/mol. The zero-order valence-electron chi connectivity index (χ0n) is 21.0. The van der Waals surface area contributed by atoms with Crippen molar-refractivity contribution < 1.29 is 32.2 Å². The molecule has 3 heterocycles. The molecule has 1 amide bonds. The molecule has 1 aromatic carbocycles. The highest BCUT2D eigenvalue weighted by atomic mass is 19.4. The number of amides is 1. The number of pyridine rings is 1. The SMILES string of the molecule is CCOC(=O)c1cnn(-c2cc(C(=O)N[C@H]3CCCN(C)C3)cc(-c3ccc(OCC(F)(F)F)cc3)n2)c1. The Morgan fingerprint density at radius 1 is 1.16 bits per heavy atom. The molecule has 0 unspecified atom stereocenters. The summed E-state index contributed by atoms with van der Waals surface area (Å²) in [5, 5.41) is 7.26. The number of hydrogen-bond acceptors (Lipinski definition) is 7. The largest absolute Gasteiger partial charge is 0.484 e. The molecule has 0 radical (unpaired) electrons. The molecule has 3 aromatic rings. The van der Waals surface area contributed by atoms with Crippen LogP contribution in [0.15, 0.2) is 48.8 Å². The van der Waals surface area contributed by atoms with Gasteiger partial charge < -0.3 is 19.7 Å². The number of esters is 1. The molecule has 1 aliphatic heterocycles. The molecule has 1 aliphatic rings. The second-order valence-electron chi connectivity index (χ2n) is 9.00. The molecule has 202 valence electrons. The summed E-state index contributed by atoms with van der Waals surface area (Å²) in [7, 11) is 2.00. The Bertz CT molecular complexity index is 1280. The third-order valence-corrected chi connectivity index (χ3v) is 5.91. The van der Waals surface area contributed by atoms with Crippen LogP contribution in [0.2, 0.25) is 0 Å². The van der Waals surface area contributed by atoms with Crippen molar-refractivity contribution >= 4 is 11.9 Å². The second kappa shape index (κ2) is 11.6. The fourth-order valence-corrected chi connectivity index (χ4v) is 4.12. The quantitative estimate of drug-likeness (QED) is 0.441. The highest BCUT2D eigenvalue weighted by molar-refractivity contribution is 5.96. The smallest absolute Gasteiger partial charge is 0.422 e. The van der Waals surface area contributed by atoms with E-state index in [0.717, 1.165) is 25.9 Å². The molecule has 1 fully saturated rings. The standard InChI is InChI=1S/C26H28F3N5O4/c1-3-37-25(36)19-13-30-34(14-19)23-12-18(24(35)31-20-5-4-10-33(2)15-20)11-22(32-23)17-6-8-21(9-7-17)38-16-26(27,28)29/h6-9,11-14,20H,3-5,10,15-16H2,1-2H3,(H,31,35)/t20-/m0/s1. The van der Waals surface area contributed by atoms with E-state index in [9.17, 15) is 22.8 Å². The minimum absolute atomic E-state index is 0.00787. The maximum absolute atomic E-state index is 13.2. The fourth-order valence-electron chi connectivity index (χ4n) is 4.12. The average Bonchev–Trinajstić information content (AvgIpc) is 3.38. The van der Waals surface area contributed by atoms with Gasteiger partial charge in [0.15, 0.2) is 12.4 Å². The number of piperidine rings is 1. The third kappa shape index (κ3) is 7.09. The van der Waals surface area contributed by atoms with Crippen molar-refractivity contribution in [2.24, 2.45) is 0 Å². The van der Waals surface area contributed by atoms with Gasteiger partial charge in [0.1, 0.15) is 5.75 Å². The molecule has 12 heteroatoms. The van der Waals surface area contributed by atoms with Crippen molar-refractivity contribution in [2.45, 2.75) is 32.0 Å². The predicted molar refractivity (Wildman–Crippen MR) is 132 cm³/mol. The molecule has 2 aromatic heterocycles. The Balaban J connectivity index is 1.64. The van der Waals surface area contributed by atoms with Crippen LogP contribution in [0.3, 0.4) is 0 Å². The summed E-state index contributed by atoms with van der Waals surface area (Å²) < 4.78 is 48.6. The summed E-state index contributed by atoms with van der Waals surface area (Å²) in [5.41, 5.74) is 1.49. The van der Waals surface area contributed by atoms with Gasteiger partial charge in [-0.05, 0) is 69.8 Å². The number of likely N-dealkylation sites (N-methyl/N-ethyl adjacent to an activating group) is 1. The van der Waals surface area contributed by atoms with Crippen molar-refractivity contribution in [2.75, 3.05) is 33.4 Å². The normalized spacial score (nSPS) is 16.2. The van der Waals surface area contributed by atoms with Crippen LogP contribution in [0.1, 0.15) is 40.5 Å². The van der Waals surface area contributed by atoms with Crippen molar-refractivity contribution in [3.05, 3.63) is 59.9 Å². The van der Waals surface area contributed by atoms with E-state index in [2.05, 4.69) is 20.3 Å². The lowest BCUT2D eigenvalue weighted by Gasteiger charge is -2.30. The summed E-state index contributed by atoms with van der Waals surface area (Å²) in [4.78, 5) is 32.1. The molecule has 0 spiro atoms. The number of carbonyl (C=O) groups is 2. The van der Waals surface area contributed by atoms with Gasteiger partial charge in [-0.2, -0.15) is 18.3 Å². The predicted octanol–water partition coefficient (Wildman–Crippen LogP) is 3.88. The van der Waals surface area contributed by atoms with Crippen molar-refractivity contribution in [3.63, 3.8) is 0 Å². The summed E-state index contributed by atoms with van der Waals surface area (Å²) >= 11 is 0. The minimum atomic E-state index is -4.45. The maximum Gasteiger partial charge on any atom is 0.422 e. The first kappa shape index (κ1) is 27.1. The number of nitrogens with one attached hydrogen (secondary N) is 1. The van der Waals surface area contributed by atoms with E-state index in [0.29, 0.717) is 16.8 Å². The molecule has 9 nitrogen and oxygen atoms in total. The van der Waals surface area contributed by atoms with Gasteiger partial charge in [0, 0.05) is 29.9 Å². The average molecular weight is 532 g/mol. The molecule has 0 saturated carbocycles. The third-order valence-electron chi connectivity index (χ3n) is 5.91. The number of rotatable bonds is 8. The number of benzene rings is 1. The number of alkyl halides is 3. The molecule has 1 N–H and O–H groups in total. The van der Waals surface area contributed by atoms with Crippen LogP contribution in [0.4, 0.5) is 13.2 Å². The summed E-state index contributed by atoms with van der Waals surface area (Å²) in [5.74, 6) is -0.504. The highest BCUT2D eigenvalue weighted by Gasteiger charge is 2.28. The lowest BCUT2D eigenvalue weighted by molar-refractivity contribution is -0.153. The van der Waals surface area contributed by atoms with E-state index in [1.165, 1.54) is 29.2 Å². The molecule has 1 saturated heterocycles. The van der Waals surface area contributed by atoms with Gasteiger partial charge >= 0.3 is 12.1 Å². The topological polar surface area (TPSA) is 98.6 Å². The van der Waals surface area contributed by atoms with Crippen LogP contribution in [0, 0.1) is 0 Å². The van der Waals surface area contributed by atoms with Gasteiger partial charge in [-0.1, -0.05) is 0 Å². The Kier molecular flexibility index (Phi) is 8.30. The summed E-state index contributed by atoms with van der Waals surface area (Å²) in [6, 6.07) is 9.08. The van der Waals surface area contributed by atoms with Crippen molar-refractivity contribution in [1.29, 1.82) is 0 Å².